The van der Waals surface area contributed by atoms with E-state index < -0.39 is 46.5 Å². The third-order valence-electron chi connectivity index (χ3n) is 6.21. The summed E-state index contributed by atoms with van der Waals surface area (Å²) in [5, 5.41) is 15.2. The lowest BCUT2D eigenvalue weighted by Crippen LogP contribution is -2.30. The fraction of sp³-hybridized carbons (Fsp3) is 0.200. The molecule has 0 atom stereocenters. The van der Waals surface area contributed by atoms with Crippen molar-refractivity contribution in [2.45, 2.75) is 44.0 Å². The van der Waals surface area contributed by atoms with Gasteiger partial charge in [0.25, 0.3) is 5.91 Å². The predicted molar refractivity (Wildman–Crippen MR) is 151 cm³/mol. The van der Waals surface area contributed by atoms with Gasteiger partial charge in [-0.1, -0.05) is 30.3 Å². The van der Waals surface area contributed by atoms with E-state index in [1.54, 1.807) is 51.1 Å². The first kappa shape index (κ1) is 29.7. The van der Waals surface area contributed by atoms with E-state index in [2.05, 4.69) is 10.4 Å². The Morgan fingerprint density at radius 1 is 1.05 bits per heavy atom. The van der Waals surface area contributed by atoms with Crippen LogP contribution in [0.2, 0.25) is 0 Å². The molecule has 3 aromatic carbocycles. The van der Waals surface area contributed by atoms with Crippen LogP contribution < -0.4 is 5.32 Å². The topological polar surface area (TPSA) is 100 Å². The Bertz CT molecular complexity index is 1770. The van der Waals surface area contributed by atoms with Crippen molar-refractivity contribution < 1.29 is 31.9 Å². The normalized spacial score (nSPS) is 12.9. The smallest absolute Gasteiger partial charge is 0.435 e. The third-order valence-corrected chi connectivity index (χ3v) is 7.37. The number of benzene rings is 3. The number of amides is 2. The molecule has 5 rings (SSSR count). The molecule has 0 saturated heterocycles. The van der Waals surface area contributed by atoms with E-state index in [0.717, 1.165) is 39.8 Å². The van der Waals surface area contributed by atoms with Crippen LogP contribution in [0, 0.1) is 17.1 Å². The summed E-state index contributed by atoms with van der Waals surface area (Å²) in [6.45, 7) is 5.75. The van der Waals surface area contributed by atoms with Crippen molar-refractivity contribution in [1.29, 1.82) is 5.26 Å². The Morgan fingerprint density at radius 2 is 1.77 bits per heavy atom. The molecule has 1 aliphatic rings. The fourth-order valence-electron chi connectivity index (χ4n) is 4.29. The zero-order valence-corrected chi connectivity index (χ0v) is 23.8. The van der Waals surface area contributed by atoms with Crippen LogP contribution in [-0.2, 0) is 17.5 Å². The maximum Gasteiger partial charge on any atom is 0.435 e. The Morgan fingerprint density at radius 3 is 2.42 bits per heavy atom. The number of anilines is 1. The summed E-state index contributed by atoms with van der Waals surface area (Å²) < 4.78 is 62.0. The van der Waals surface area contributed by atoms with E-state index >= 15 is 0 Å². The molecule has 13 heteroatoms. The van der Waals surface area contributed by atoms with Gasteiger partial charge in [-0.2, -0.15) is 23.5 Å². The van der Waals surface area contributed by atoms with Gasteiger partial charge in [0.2, 0.25) is 0 Å². The number of rotatable bonds is 4. The van der Waals surface area contributed by atoms with Crippen molar-refractivity contribution in [3.05, 3.63) is 95.1 Å². The zero-order valence-electron chi connectivity index (χ0n) is 23.0. The molecule has 0 fully saturated rings. The van der Waals surface area contributed by atoms with Crippen LogP contribution >= 0.6 is 11.9 Å². The summed E-state index contributed by atoms with van der Waals surface area (Å²) in [6, 6.07) is 17.6. The van der Waals surface area contributed by atoms with E-state index in [0.29, 0.717) is 23.0 Å². The fourth-order valence-corrected chi connectivity index (χ4v) is 5.36. The summed E-state index contributed by atoms with van der Waals surface area (Å²) in [7, 11) is 0. The maximum atomic E-state index is 13.8. The second-order valence-corrected chi connectivity index (χ2v) is 11.6. The number of hydrogen-bond acceptors (Lipinski definition) is 6. The summed E-state index contributed by atoms with van der Waals surface area (Å²) >= 11 is 1.27. The Balaban J connectivity index is 1.38. The SMILES string of the molecule is CC(C)(C)OC(=O)N1Cc2cccc(-c3ccc(NC(=O)c4cc(C(F)(F)F)nn4-c4ccc(F)c(C#N)c4)cc3)c2S1. The molecule has 0 unspecified atom stereocenters. The number of carbonyl (C=O) groups is 2. The Labute approximate surface area is 248 Å². The summed E-state index contributed by atoms with van der Waals surface area (Å²) in [4.78, 5) is 26.6. The molecule has 0 bridgehead atoms. The first-order valence-corrected chi connectivity index (χ1v) is 13.6. The molecule has 220 valence electrons. The molecule has 1 aliphatic heterocycles. The number of fused-ring (bicyclic) bond motifs is 1. The molecular formula is C30H23F4N5O3S. The number of carbonyl (C=O) groups excluding carboxylic acids is 2. The van der Waals surface area contributed by atoms with E-state index in [9.17, 15) is 27.2 Å². The number of nitrogens with one attached hydrogen (secondary N) is 1. The van der Waals surface area contributed by atoms with Crippen molar-refractivity contribution in [3.63, 3.8) is 0 Å². The average Bonchev–Trinajstić information content (AvgIpc) is 3.58. The van der Waals surface area contributed by atoms with E-state index in [1.807, 2.05) is 18.2 Å². The van der Waals surface area contributed by atoms with Gasteiger partial charge in [-0.05, 0) is 79.7 Å². The third kappa shape index (κ3) is 6.34. The molecule has 0 saturated carbocycles. The minimum atomic E-state index is -4.85. The van der Waals surface area contributed by atoms with Crippen molar-refractivity contribution in [2.75, 3.05) is 5.32 Å². The van der Waals surface area contributed by atoms with Crippen molar-refractivity contribution in [1.82, 2.24) is 14.1 Å². The maximum absolute atomic E-state index is 13.8. The summed E-state index contributed by atoms with van der Waals surface area (Å²) in [5.41, 5.74) is -0.0642. The van der Waals surface area contributed by atoms with Crippen molar-refractivity contribution in [3.8, 4) is 22.9 Å². The molecule has 1 aromatic heterocycles. The van der Waals surface area contributed by atoms with E-state index in [-0.39, 0.29) is 5.69 Å². The van der Waals surface area contributed by atoms with Gasteiger partial charge >= 0.3 is 12.3 Å². The van der Waals surface area contributed by atoms with Crippen molar-refractivity contribution in [2.24, 2.45) is 0 Å². The lowest BCUT2D eigenvalue weighted by molar-refractivity contribution is -0.141. The van der Waals surface area contributed by atoms with Gasteiger partial charge in [-0.3, -0.25) is 4.79 Å². The number of ether oxygens (including phenoxy) is 1. The van der Waals surface area contributed by atoms with Crippen LogP contribution in [0.3, 0.4) is 0 Å². The lowest BCUT2D eigenvalue weighted by Gasteiger charge is -2.23. The first-order valence-electron chi connectivity index (χ1n) is 12.8. The molecular weight excluding hydrogens is 586 g/mol. The highest BCUT2D eigenvalue weighted by molar-refractivity contribution is 7.98. The highest BCUT2D eigenvalue weighted by Crippen LogP contribution is 2.43. The minimum absolute atomic E-state index is 0.0928. The monoisotopic (exact) mass is 609 g/mol. The number of nitrogens with zero attached hydrogens (tertiary/aromatic N) is 4. The molecule has 0 aliphatic carbocycles. The van der Waals surface area contributed by atoms with Gasteiger partial charge in [0.05, 0.1) is 17.8 Å². The number of aromatic nitrogens is 2. The highest BCUT2D eigenvalue weighted by Gasteiger charge is 2.36. The second-order valence-electron chi connectivity index (χ2n) is 10.5. The second kappa shape index (κ2) is 11.1. The Kier molecular flexibility index (Phi) is 7.66. The van der Waals surface area contributed by atoms with Crippen LogP contribution in [0.15, 0.2) is 71.6 Å². The number of nitriles is 1. The quantitative estimate of drug-likeness (QED) is 0.189. The molecule has 2 heterocycles. The summed E-state index contributed by atoms with van der Waals surface area (Å²) in [5.74, 6) is -1.76. The van der Waals surface area contributed by atoms with E-state index in [1.165, 1.54) is 16.3 Å². The lowest BCUT2D eigenvalue weighted by atomic mass is 10.0. The molecule has 8 nitrogen and oxygen atoms in total. The average molecular weight is 610 g/mol. The standard InChI is InChI=1S/C30H23F4N5O3S/c1-29(2,3)42-28(41)38-16-18-5-4-6-22(26(18)43-38)17-7-9-20(10-8-17)36-27(40)24-14-25(30(32,33)34)37-39(24)21-11-12-23(31)19(13-21)15-35/h4-14H,16H2,1-3H3,(H,36,40). The largest absolute Gasteiger partial charge is 0.443 e. The van der Waals surface area contributed by atoms with Gasteiger partial charge in [0, 0.05) is 16.6 Å². The van der Waals surface area contributed by atoms with E-state index in [4.69, 9.17) is 10.00 Å². The predicted octanol–water partition coefficient (Wildman–Crippen LogP) is 7.58. The molecule has 0 spiro atoms. The molecule has 43 heavy (non-hydrogen) atoms. The number of hydrogen-bond donors (Lipinski definition) is 1. The van der Waals surface area contributed by atoms with Gasteiger partial charge in [-0.25, -0.2) is 18.2 Å². The molecule has 0 radical (unpaired) electrons. The van der Waals surface area contributed by atoms with Crippen LogP contribution in [0.25, 0.3) is 16.8 Å². The van der Waals surface area contributed by atoms with Gasteiger partial charge in [0.1, 0.15) is 23.2 Å². The minimum Gasteiger partial charge on any atom is -0.443 e. The first-order chi connectivity index (χ1) is 20.2. The number of alkyl halides is 3. The van der Waals surface area contributed by atoms with Gasteiger partial charge < -0.3 is 10.1 Å². The molecule has 4 aromatic rings. The van der Waals surface area contributed by atoms with Crippen molar-refractivity contribution >= 4 is 29.6 Å². The van der Waals surface area contributed by atoms with Crippen LogP contribution in [0.5, 0.6) is 0 Å². The van der Waals surface area contributed by atoms with Crippen LogP contribution in [0.1, 0.15) is 48.1 Å². The molecule has 2 amide bonds. The molecule has 1 N–H and O–H groups in total. The van der Waals surface area contributed by atoms with Gasteiger partial charge in [-0.15, -0.1) is 0 Å². The van der Waals surface area contributed by atoms with Crippen LogP contribution in [-0.4, -0.2) is 31.7 Å². The van der Waals surface area contributed by atoms with Gasteiger partial charge in [0.15, 0.2) is 5.69 Å². The Hall–Kier alpha value is -4.83. The van der Waals surface area contributed by atoms with Crippen LogP contribution in [0.4, 0.5) is 28.0 Å². The summed E-state index contributed by atoms with van der Waals surface area (Å²) in [6.07, 6.45) is -5.30. The number of halogens is 4. The zero-order chi connectivity index (χ0) is 31.1. The highest BCUT2D eigenvalue weighted by atomic mass is 32.2.